The highest BCUT2D eigenvalue weighted by Gasteiger charge is 2.33. The number of unbranched alkanes of at least 4 members (excludes halogenated alkanes) is 1. The highest BCUT2D eigenvalue weighted by molar-refractivity contribution is 6.59. The third-order valence-electron chi connectivity index (χ3n) is 2.89. The summed E-state index contributed by atoms with van der Waals surface area (Å²) in [5.41, 5.74) is 0.386. The maximum absolute atomic E-state index is 13.0. The van der Waals surface area contributed by atoms with Gasteiger partial charge in [0.05, 0.1) is 0 Å². The maximum atomic E-state index is 13.0. The first-order chi connectivity index (χ1) is 8.91. The normalized spacial score (nSPS) is 11.9. The number of benzene rings is 1. The van der Waals surface area contributed by atoms with Crippen LogP contribution in [0.2, 0.25) is 6.04 Å². The van der Waals surface area contributed by atoms with Gasteiger partial charge >= 0.3 is 8.80 Å². The van der Waals surface area contributed by atoms with Crippen LogP contribution in [-0.4, -0.2) is 27.8 Å². The molecule has 0 saturated heterocycles. The van der Waals surface area contributed by atoms with Gasteiger partial charge in [-0.15, -0.1) is 0 Å². The van der Waals surface area contributed by atoms with Crippen LogP contribution in [0.15, 0.2) is 12.1 Å². The summed E-state index contributed by atoms with van der Waals surface area (Å²) in [6, 6.07) is 2.33. The molecule has 0 amide bonds. The van der Waals surface area contributed by atoms with E-state index in [0.29, 0.717) is 30.9 Å². The fourth-order valence-corrected chi connectivity index (χ4v) is 2.99. The lowest BCUT2D eigenvalue weighted by Crippen LogP contribution is -2.39. The highest BCUT2D eigenvalue weighted by Crippen LogP contribution is 2.17. The van der Waals surface area contributed by atoms with Gasteiger partial charge in [-0.05, 0) is 37.0 Å². The Morgan fingerprint density at radius 3 is 2.05 bits per heavy atom. The standard InChI is InChI=1S/C12H17F3O3Si/c1-17-19(16,18-2)6-4-3-5-9-7-10(13)12(15)11(14)8-9/h7-8,16H,3-6H2,1-2H3. The van der Waals surface area contributed by atoms with E-state index >= 15 is 0 Å². The first kappa shape index (κ1) is 16.2. The van der Waals surface area contributed by atoms with Gasteiger partial charge in [-0.1, -0.05) is 0 Å². The summed E-state index contributed by atoms with van der Waals surface area (Å²) in [6.45, 7) is 0. The van der Waals surface area contributed by atoms with E-state index in [-0.39, 0.29) is 0 Å². The lowest BCUT2D eigenvalue weighted by Gasteiger charge is -2.19. The number of rotatable bonds is 7. The van der Waals surface area contributed by atoms with Crippen LogP contribution in [0, 0.1) is 17.5 Å². The lowest BCUT2D eigenvalue weighted by molar-refractivity contribution is 0.150. The molecule has 0 saturated carbocycles. The molecule has 0 bridgehead atoms. The van der Waals surface area contributed by atoms with Gasteiger partial charge in [0.25, 0.3) is 0 Å². The lowest BCUT2D eigenvalue weighted by atomic mass is 10.1. The summed E-state index contributed by atoms with van der Waals surface area (Å²) >= 11 is 0. The second kappa shape index (κ2) is 7.04. The number of hydrogen-bond acceptors (Lipinski definition) is 3. The van der Waals surface area contributed by atoms with Gasteiger partial charge in [-0.3, -0.25) is 0 Å². The molecule has 0 aliphatic heterocycles. The van der Waals surface area contributed by atoms with Gasteiger partial charge in [0.15, 0.2) is 17.5 Å². The van der Waals surface area contributed by atoms with E-state index in [0.717, 1.165) is 12.1 Å². The van der Waals surface area contributed by atoms with Gasteiger partial charge in [0.2, 0.25) is 0 Å². The van der Waals surface area contributed by atoms with E-state index in [4.69, 9.17) is 8.85 Å². The van der Waals surface area contributed by atoms with Crippen molar-refractivity contribution in [1.82, 2.24) is 0 Å². The van der Waals surface area contributed by atoms with Crippen molar-refractivity contribution in [2.45, 2.75) is 25.3 Å². The van der Waals surface area contributed by atoms with E-state index in [1.807, 2.05) is 0 Å². The zero-order valence-corrected chi connectivity index (χ0v) is 11.9. The molecule has 7 heteroatoms. The van der Waals surface area contributed by atoms with Crippen molar-refractivity contribution < 1.29 is 26.8 Å². The van der Waals surface area contributed by atoms with Crippen molar-refractivity contribution >= 4 is 8.80 Å². The summed E-state index contributed by atoms with van der Waals surface area (Å²) in [4.78, 5) is 9.78. The van der Waals surface area contributed by atoms with Gasteiger partial charge in [0, 0.05) is 20.3 Å². The molecule has 0 radical (unpaired) electrons. The van der Waals surface area contributed by atoms with Crippen LogP contribution in [0.4, 0.5) is 13.2 Å². The van der Waals surface area contributed by atoms with Gasteiger partial charge in [0.1, 0.15) is 0 Å². The quantitative estimate of drug-likeness (QED) is 0.477. The van der Waals surface area contributed by atoms with Crippen molar-refractivity contribution in [3.05, 3.63) is 35.1 Å². The van der Waals surface area contributed by atoms with E-state index in [1.165, 1.54) is 14.2 Å². The third kappa shape index (κ3) is 4.61. The fraction of sp³-hybridized carbons (Fsp3) is 0.500. The second-order valence-corrected chi connectivity index (χ2v) is 6.94. The van der Waals surface area contributed by atoms with Crippen LogP contribution in [-0.2, 0) is 15.3 Å². The van der Waals surface area contributed by atoms with Crippen LogP contribution in [0.25, 0.3) is 0 Å². The molecule has 0 aliphatic carbocycles. The minimum Gasteiger partial charge on any atom is -0.390 e. The predicted molar refractivity (Wildman–Crippen MR) is 66.1 cm³/mol. The minimum atomic E-state index is -3.07. The van der Waals surface area contributed by atoms with Crippen LogP contribution < -0.4 is 0 Å². The van der Waals surface area contributed by atoms with Crippen LogP contribution in [0.1, 0.15) is 18.4 Å². The van der Waals surface area contributed by atoms with E-state index in [2.05, 4.69) is 0 Å². The number of aryl methyl sites for hydroxylation is 1. The molecule has 0 atom stereocenters. The Balaban J connectivity index is 2.46. The van der Waals surface area contributed by atoms with Crippen molar-refractivity contribution in [2.24, 2.45) is 0 Å². The predicted octanol–water partition coefficient (Wildman–Crippen LogP) is 2.65. The smallest absolute Gasteiger partial charge is 0.390 e. The van der Waals surface area contributed by atoms with Crippen molar-refractivity contribution in [3.8, 4) is 0 Å². The number of hydrogen-bond donors (Lipinski definition) is 1. The molecule has 0 aromatic heterocycles. The molecule has 0 fully saturated rings. The summed E-state index contributed by atoms with van der Waals surface area (Å²) in [5.74, 6) is -3.83. The molecule has 0 aliphatic rings. The second-order valence-electron chi connectivity index (χ2n) is 4.20. The fourth-order valence-electron chi connectivity index (χ4n) is 1.72. The minimum absolute atomic E-state index is 0.367. The Morgan fingerprint density at radius 1 is 1.05 bits per heavy atom. The van der Waals surface area contributed by atoms with Crippen molar-refractivity contribution in [2.75, 3.05) is 14.2 Å². The van der Waals surface area contributed by atoms with Crippen molar-refractivity contribution in [1.29, 1.82) is 0 Å². The Bertz CT molecular complexity index is 402. The Kier molecular flexibility index (Phi) is 5.99. The zero-order chi connectivity index (χ0) is 14.5. The molecular formula is C12H17F3O3Si. The monoisotopic (exact) mass is 294 g/mol. The van der Waals surface area contributed by atoms with Crippen LogP contribution in [0.5, 0.6) is 0 Å². The molecule has 1 N–H and O–H groups in total. The molecule has 1 rings (SSSR count). The average Bonchev–Trinajstić information content (AvgIpc) is 2.40. The summed E-state index contributed by atoms with van der Waals surface area (Å²) in [5, 5.41) is 0. The van der Waals surface area contributed by atoms with E-state index < -0.39 is 26.3 Å². The van der Waals surface area contributed by atoms with Crippen LogP contribution in [0.3, 0.4) is 0 Å². The highest BCUT2D eigenvalue weighted by atomic mass is 28.4. The van der Waals surface area contributed by atoms with Crippen molar-refractivity contribution in [3.63, 3.8) is 0 Å². The van der Waals surface area contributed by atoms with Gasteiger partial charge < -0.3 is 13.6 Å². The topological polar surface area (TPSA) is 38.7 Å². The molecule has 0 heterocycles. The Labute approximate surface area is 111 Å². The molecule has 19 heavy (non-hydrogen) atoms. The average molecular weight is 294 g/mol. The van der Waals surface area contributed by atoms with Gasteiger partial charge in [-0.25, -0.2) is 13.2 Å². The summed E-state index contributed by atoms with van der Waals surface area (Å²) in [6.07, 6.45) is 1.57. The third-order valence-corrected chi connectivity index (χ3v) is 5.15. The Morgan fingerprint density at radius 2 is 1.58 bits per heavy atom. The molecule has 1 aromatic carbocycles. The van der Waals surface area contributed by atoms with Gasteiger partial charge in [-0.2, -0.15) is 0 Å². The largest absolute Gasteiger partial charge is 0.497 e. The maximum Gasteiger partial charge on any atom is 0.497 e. The molecule has 1 aromatic rings. The molecule has 0 unspecified atom stereocenters. The summed E-state index contributed by atoms with van der Waals surface area (Å²) in [7, 11) is -0.324. The molecule has 0 spiro atoms. The molecule has 108 valence electrons. The SMILES string of the molecule is CO[Si](O)(CCCCc1cc(F)c(F)c(F)c1)OC. The van der Waals surface area contributed by atoms with Crippen LogP contribution >= 0.6 is 0 Å². The first-order valence-corrected chi connectivity index (χ1v) is 7.85. The Hall–Kier alpha value is -0.893. The molecular weight excluding hydrogens is 277 g/mol. The molecule has 3 nitrogen and oxygen atoms in total. The first-order valence-electron chi connectivity index (χ1n) is 5.88. The van der Waals surface area contributed by atoms with E-state index in [9.17, 15) is 18.0 Å². The number of halogens is 3. The van der Waals surface area contributed by atoms with E-state index in [1.54, 1.807) is 0 Å². The zero-order valence-electron chi connectivity index (χ0n) is 10.9. The summed E-state index contributed by atoms with van der Waals surface area (Å²) < 4.78 is 48.4.